The van der Waals surface area contributed by atoms with E-state index >= 15 is 0 Å². The number of methoxy groups -OCH3 is 1. The van der Waals surface area contributed by atoms with Gasteiger partial charge in [0.1, 0.15) is 5.69 Å². The molecule has 0 unspecified atom stereocenters. The average molecular weight is 197 g/mol. The van der Waals surface area contributed by atoms with Gasteiger partial charge in [0.2, 0.25) is 0 Å². The summed E-state index contributed by atoms with van der Waals surface area (Å²) in [6.45, 7) is 1.61. The first-order chi connectivity index (χ1) is 6.75. The monoisotopic (exact) mass is 197 g/mol. The van der Waals surface area contributed by atoms with Crippen molar-refractivity contribution in [2.24, 2.45) is 7.05 Å². The van der Waals surface area contributed by atoms with Gasteiger partial charge in [-0.1, -0.05) is 0 Å². The molecule has 0 aliphatic rings. The van der Waals surface area contributed by atoms with Gasteiger partial charge in [-0.05, 0) is 6.07 Å². The van der Waals surface area contributed by atoms with E-state index in [1.165, 1.54) is 0 Å². The summed E-state index contributed by atoms with van der Waals surface area (Å²) >= 11 is 0. The molecule has 1 aromatic heterocycles. The highest BCUT2D eigenvalue weighted by molar-refractivity contribution is 5.95. The fourth-order valence-corrected chi connectivity index (χ4v) is 1.11. The normalized spacial score (nSPS) is 10.4. The Balaban J connectivity index is 2.32. The minimum absolute atomic E-state index is 0.0427. The van der Waals surface area contributed by atoms with E-state index < -0.39 is 0 Å². The van der Waals surface area contributed by atoms with Crippen LogP contribution in [-0.4, -0.2) is 42.4 Å². The third-order valence-corrected chi connectivity index (χ3v) is 1.88. The molecule has 0 fully saturated rings. The summed E-state index contributed by atoms with van der Waals surface area (Å²) in [7, 11) is 3.38. The van der Waals surface area contributed by atoms with E-state index in [1.807, 2.05) is 0 Å². The summed E-state index contributed by atoms with van der Waals surface area (Å²) in [5, 5.41) is 6.91. The molecule has 0 aliphatic carbocycles. The van der Waals surface area contributed by atoms with Gasteiger partial charge >= 0.3 is 0 Å². The number of rotatable bonds is 6. The summed E-state index contributed by atoms with van der Waals surface area (Å²) in [4.78, 5) is 11.5. The van der Waals surface area contributed by atoms with Crippen molar-refractivity contribution < 1.29 is 9.53 Å². The smallest absolute Gasteiger partial charge is 0.194 e. The van der Waals surface area contributed by atoms with E-state index in [4.69, 9.17) is 4.74 Å². The summed E-state index contributed by atoms with van der Waals surface area (Å²) in [6.07, 6.45) is 1.61. The number of carbonyl (C=O) groups is 1. The molecule has 0 spiro atoms. The van der Waals surface area contributed by atoms with Crippen LogP contribution in [0.1, 0.15) is 10.5 Å². The summed E-state index contributed by atoms with van der Waals surface area (Å²) in [6, 6.07) is 1.71. The Morgan fingerprint density at radius 3 is 3.07 bits per heavy atom. The van der Waals surface area contributed by atoms with Crippen LogP contribution in [0.3, 0.4) is 0 Å². The van der Waals surface area contributed by atoms with E-state index in [-0.39, 0.29) is 5.78 Å². The molecule has 0 radical (unpaired) electrons. The fourth-order valence-electron chi connectivity index (χ4n) is 1.11. The second-order valence-corrected chi connectivity index (χ2v) is 2.93. The van der Waals surface area contributed by atoms with Crippen molar-refractivity contribution in [3.8, 4) is 0 Å². The zero-order valence-electron chi connectivity index (χ0n) is 8.49. The summed E-state index contributed by atoms with van der Waals surface area (Å²) < 4.78 is 6.42. The summed E-state index contributed by atoms with van der Waals surface area (Å²) in [5.41, 5.74) is 0.620. The molecular formula is C9H15N3O2. The highest BCUT2D eigenvalue weighted by Gasteiger charge is 2.08. The molecule has 0 bridgehead atoms. The van der Waals surface area contributed by atoms with Crippen molar-refractivity contribution in [3.05, 3.63) is 18.0 Å². The Hall–Kier alpha value is -1.20. The Kier molecular flexibility index (Phi) is 4.28. The van der Waals surface area contributed by atoms with E-state index in [0.717, 1.165) is 0 Å². The van der Waals surface area contributed by atoms with E-state index in [0.29, 0.717) is 25.4 Å². The van der Waals surface area contributed by atoms with Gasteiger partial charge in [0.25, 0.3) is 0 Å². The van der Waals surface area contributed by atoms with Gasteiger partial charge in [-0.2, -0.15) is 5.10 Å². The molecule has 14 heavy (non-hydrogen) atoms. The number of nitrogens with zero attached hydrogens (tertiary/aromatic N) is 2. The SMILES string of the molecule is COCCNCC(=O)c1ccnn1C. The first-order valence-corrected chi connectivity index (χ1v) is 4.46. The molecule has 1 N–H and O–H groups in total. The minimum Gasteiger partial charge on any atom is -0.383 e. The number of aryl methyl sites for hydroxylation is 1. The maximum absolute atomic E-state index is 11.5. The van der Waals surface area contributed by atoms with Gasteiger partial charge in [-0.3, -0.25) is 9.48 Å². The van der Waals surface area contributed by atoms with Crippen molar-refractivity contribution in [2.45, 2.75) is 0 Å². The molecule has 0 saturated carbocycles. The Morgan fingerprint density at radius 1 is 1.71 bits per heavy atom. The van der Waals surface area contributed by atoms with Crippen LogP contribution in [0.5, 0.6) is 0 Å². The van der Waals surface area contributed by atoms with Gasteiger partial charge in [0.15, 0.2) is 5.78 Å². The van der Waals surface area contributed by atoms with Gasteiger partial charge in [0.05, 0.1) is 13.2 Å². The van der Waals surface area contributed by atoms with E-state index in [2.05, 4.69) is 10.4 Å². The zero-order valence-corrected chi connectivity index (χ0v) is 8.49. The number of carbonyl (C=O) groups excluding carboxylic acids is 1. The van der Waals surface area contributed by atoms with Crippen LogP contribution in [-0.2, 0) is 11.8 Å². The quantitative estimate of drug-likeness (QED) is 0.508. The van der Waals surface area contributed by atoms with Crippen LogP contribution in [0, 0.1) is 0 Å². The third-order valence-electron chi connectivity index (χ3n) is 1.88. The topological polar surface area (TPSA) is 56.1 Å². The lowest BCUT2D eigenvalue weighted by Crippen LogP contribution is -2.27. The van der Waals surface area contributed by atoms with Crippen molar-refractivity contribution >= 4 is 5.78 Å². The standard InChI is InChI=1S/C9H15N3O2/c1-12-8(3-4-11-12)9(13)7-10-5-6-14-2/h3-4,10H,5-7H2,1-2H3. The summed E-state index contributed by atoms with van der Waals surface area (Å²) in [5.74, 6) is 0.0427. The molecule has 0 aliphatic heterocycles. The molecule has 1 heterocycles. The molecule has 0 atom stereocenters. The van der Waals surface area contributed by atoms with Crippen LogP contribution in [0.15, 0.2) is 12.3 Å². The van der Waals surface area contributed by atoms with E-state index in [9.17, 15) is 4.79 Å². The van der Waals surface area contributed by atoms with Crippen molar-refractivity contribution in [1.82, 2.24) is 15.1 Å². The number of Topliss-reactive ketones (excluding diaryl/α,β-unsaturated/α-hetero) is 1. The van der Waals surface area contributed by atoms with Gasteiger partial charge in [-0.25, -0.2) is 0 Å². The predicted octanol–water partition coefficient (Wildman–Crippen LogP) is -0.161. The maximum Gasteiger partial charge on any atom is 0.194 e. The lowest BCUT2D eigenvalue weighted by atomic mass is 10.3. The molecule has 5 heteroatoms. The molecular weight excluding hydrogens is 182 g/mol. The van der Waals surface area contributed by atoms with Gasteiger partial charge < -0.3 is 10.1 Å². The molecule has 0 amide bonds. The number of aromatic nitrogens is 2. The number of ether oxygens (including phenoxy) is 1. The Labute approximate surface area is 83.1 Å². The largest absolute Gasteiger partial charge is 0.383 e. The second kappa shape index (κ2) is 5.51. The molecule has 1 rings (SSSR count). The predicted molar refractivity (Wildman–Crippen MR) is 52.3 cm³/mol. The van der Waals surface area contributed by atoms with Crippen molar-refractivity contribution in [3.63, 3.8) is 0 Å². The third kappa shape index (κ3) is 2.93. The number of hydrogen-bond donors (Lipinski definition) is 1. The molecule has 0 aromatic carbocycles. The zero-order chi connectivity index (χ0) is 10.4. The highest BCUT2D eigenvalue weighted by atomic mass is 16.5. The molecule has 1 aromatic rings. The van der Waals surface area contributed by atoms with Crippen LogP contribution in [0.4, 0.5) is 0 Å². The Morgan fingerprint density at radius 2 is 2.50 bits per heavy atom. The fraction of sp³-hybridized carbons (Fsp3) is 0.556. The Bertz CT molecular complexity index is 296. The number of hydrogen-bond acceptors (Lipinski definition) is 4. The minimum atomic E-state index is 0.0427. The van der Waals surface area contributed by atoms with Gasteiger partial charge in [-0.15, -0.1) is 0 Å². The first kappa shape index (κ1) is 10.9. The lowest BCUT2D eigenvalue weighted by Gasteiger charge is -2.03. The van der Waals surface area contributed by atoms with Crippen LogP contribution in [0.25, 0.3) is 0 Å². The second-order valence-electron chi connectivity index (χ2n) is 2.93. The average Bonchev–Trinajstić information content (AvgIpc) is 2.59. The molecule has 5 nitrogen and oxygen atoms in total. The lowest BCUT2D eigenvalue weighted by molar-refractivity contribution is 0.0978. The van der Waals surface area contributed by atoms with Crippen molar-refractivity contribution in [1.29, 1.82) is 0 Å². The molecule has 78 valence electrons. The van der Waals surface area contributed by atoms with Crippen LogP contribution >= 0.6 is 0 Å². The first-order valence-electron chi connectivity index (χ1n) is 4.46. The van der Waals surface area contributed by atoms with Crippen molar-refractivity contribution in [2.75, 3.05) is 26.8 Å². The highest BCUT2D eigenvalue weighted by Crippen LogP contribution is 1.96. The van der Waals surface area contributed by atoms with Crippen LogP contribution in [0.2, 0.25) is 0 Å². The molecule has 0 saturated heterocycles. The van der Waals surface area contributed by atoms with E-state index in [1.54, 1.807) is 31.1 Å². The van der Waals surface area contributed by atoms with Gasteiger partial charge in [0, 0.05) is 26.9 Å². The number of ketones is 1. The number of nitrogens with one attached hydrogen (secondary N) is 1. The maximum atomic E-state index is 11.5. The van der Waals surface area contributed by atoms with Crippen LogP contribution < -0.4 is 5.32 Å².